The van der Waals surface area contributed by atoms with Crippen LogP contribution in [0.3, 0.4) is 0 Å². The molecule has 1 heterocycles. The van der Waals surface area contributed by atoms with Crippen LogP contribution >= 0.6 is 0 Å². The van der Waals surface area contributed by atoms with Gasteiger partial charge in [-0.05, 0) is 24.1 Å². The number of nitrogens with one attached hydrogen (secondary N) is 2. The van der Waals surface area contributed by atoms with E-state index in [4.69, 9.17) is 9.47 Å². The first-order chi connectivity index (χ1) is 12.7. The van der Waals surface area contributed by atoms with Gasteiger partial charge in [-0.1, -0.05) is 57.9 Å². The Morgan fingerprint density at radius 2 is 1.54 bits per heavy atom. The molecule has 1 aromatic rings. The zero-order valence-corrected chi connectivity index (χ0v) is 15.6. The molecule has 0 unspecified atom stereocenters. The highest BCUT2D eigenvalue weighted by Gasteiger charge is 2.15. The zero-order valence-electron chi connectivity index (χ0n) is 15.6. The molecule has 2 amide bonds. The van der Waals surface area contributed by atoms with Crippen LogP contribution in [0.4, 0.5) is 0 Å². The molecule has 0 fully saturated rings. The second-order valence-electron chi connectivity index (χ2n) is 6.60. The van der Waals surface area contributed by atoms with E-state index in [0.29, 0.717) is 18.0 Å². The third-order valence-electron chi connectivity index (χ3n) is 4.41. The van der Waals surface area contributed by atoms with E-state index in [0.717, 1.165) is 18.4 Å². The van der Waals surface area contributed by atoms with Crippen LogP contribution in [0.5, 0.6) is 11.5 Å². The van der Waals surface area contributed by atoms with Gasteiger partial charge in [-0.15, -0.1) is 0 Å². The summed E-state index contributed by atoms with van der Waals surface area (Å²) in [5.74, 6) is 0.176. The lowest BCUT2D eigenvalue weighted by molar-refractivity contribution is -0.139. The van der Waals surface area contributed by atoms with Crippen molar-refractivity contribution in [1.29, 1.82) is 0 Å². The molecule has 0 spiro atoms. The van der Waals surface area contributed by atoms with Gasteiger partial charge >= 0.3 is 11.8 Å². The Labute approximate surface area is 155 Å². The van der Waals surface area contributed by atoms with Crippen molar-refractivity contribution in [1.82, 2.24) is 10.6 Å². The first-order valence-corrected chi connectivity index (χ1v) is 9.65. The molecule has 0 radical (unpaired) electrons. The van der Waals surface area contributed by atoms with Gasteiger partial charge in [-0.3, -0.25) is 9.59 Å². The highest BCUT2D eigenvalue weighted by Crippen LogP contribution is 2.32. The topological polar surface area (TPSA) is 76.7 Å². The van der Waals surface area contributed by atoms with Crippen LogP contribution in [0.15, 0.2) is 18.2 Å². The maximum atomic E-state index is 11.8. The Balaban J connectivity index is 1.53. The van der Waals surface area contributed by atoms with Crippen LogP contribution in [-0.2, 0) is 16.1 Å². The number of amides is 2. The van der Waals surface area contributed by atoms with Gasteiger partial charge in [0.2, 0.25) is 6.79 Å². The molecule has 6 heteroatoms. The van der Waals surface area contributed by atoms with E-state index >= 15 is 0 Å². The Bertz CT molecular complexity index is 589. The second-order valence-corrected chi connectivity index (χ2v) is 6.60. The Morgan fingerprint density at radius 1 is 0.885 bits per heavy atom. The van der Waals surface area contributed by atoms with Crippen molar-refractivity contribution < 1.29 is 19.1 Å². The molecule has 144 valence electrons. The summed E-state index contributed by atoms with van der Waals surface area (Å²) in [6.45, 7) is 3.26. The summed E-state index contributed by atoms with van der Waals surface area (Å²) in [6, 6.07) is 5.44. The van der Waals surface area contributed by atoms with Gasteiger partial charge in [0.1, 0.15) is 0 Å². The zero-order chi connectivity index (χ0) is 18.6. The van der Waals surface area contributed by atoms with Crippen molar-refractivity contribution in [2.45, 2.75) is 64.8 Å². The molecule has 0 aliphatic carbocycles. The summed E-state index contributed by atoms with van der Waals surface area (Å²) in [7, 11) is 0. The van der Waals surface area contributed by atoms with Crippen LogP contribution in [0.2, 0.25) is 0 Å². The molecule has 2 rings (SSSR count). The number of fused-ring (bicyclic) bond motifs is 1. The van der Waals surface area contributed by atoms with Crippen molar-refractivity contribution in [3.63, 3.8) is 0 Å². The van der Waals surface area contributed by atoms with Gasteiger partial charge in [-0.2, -0.15) is 0 Å². The van der Waals surface area contributed by atoms with E-state index in [9.17, 15) is 9.59 Å². The van der Waals surface area contributed by atoms with Gasteiger partial charge in [0, 0.05) is 13.1 Å². The largest absolute Gasteiger partial charge is 0.454 e. The predicted octanol–water partition coefficient (Wildman–Crippen LogP) is 3.29. The molecule has 0 bridgehead atoms. The van der Waals surface area contributed by atoms with E-state index in [1.807, 2.05) is 6.07 Å². The molecule has 1 aliphatic heterocycles. The molecule has 0 saturated carbocycles. The van der Waals surface area contributed by atoms with Gasteiger partial charge in [0.05, 0.1) is 0 Å². The maximum Gasteiger partial charge on any atom is 0.309 e. The van der Waals surface area contributed by atoms with Gasteiger partial charge < -0.3 is 20.1 Å². The molecule has 26 heavy (non-hydrogen) atoms. The van der Waals surface area contributed by atoms with Crippen molar-refractivity contribution in [2.75, 3.05) is 13.3 Å². The molecule has 0 aromatic heterocycles. The highest BCUT2D eigenvalue weighted by molar-refractivity contribution is 6.35. The van der Waals surface area contributed by atoms with Crippen LogP contribution < -0.4 is 20.1 Å². The van der Waals surface area contributed by atoms with Gasteiger partial charge in [0.25, 0.3) is 0 Å². The molecule has 6 nitrogen and oxygen atoms in total. The first-order valence-electron chi connectivity index (χ1n) is 9.65. The van der Waals surface area contributed by atoms with E-state index in [2.05, 4.69) is 17.6 Å². The van der Waals surface area contributed by atoms with Crippen LogP contribution in [0.1, 0.15) is 63.9 Å². The van der Waals surface area contributed by atoms with E-state index in [-0.39, 0.29) is 13.3 Å². The predicted molar refractivity (Wildman–Crippen MR) is 100 cm³/mol. The standard InChI is InChI=1S/C20H30N2O4/c1-2-3-4-5-6-7-8-9-12-21-19(23)20(24)22-14-16-10-11-17-18(13-16)26-15-25-17/h10-11,13H,2-9,12,14-15H2,1H3,(H,21,23)(H,22,24). The van der Waals surface area contributed by atoms with Gasteiger partial charge in [-0.25, -0.2) is 0 Å². The summed E-state index contributed by atoms with van der Waals surface area (Å²) in [5.41, 5.74) is 0.860. The van der Waals surface area contributed by atoms with Crippen LogP contribution in [-0.4, -0.2) is 25.2 Å². The SMILES string of the molecule is CCCCCCCCCCNC(=O)C(=O)NCc1ccc2c(c1)OCO2. The fourth-order valence-corrected chi connectivity index (χ4v) is 2.85. The minimum Gasteiger partial charge on any atom is -0.454 e. The smallest absolute Gasteiger partial charge is 0.309 e. The van der Waals surface area contributed by atoms with E-state index < -0.39 is 11.8 Å². The molecular weight excluding hydrogens is 332 g/mol. The average Bonchev–Trinajstić information content (AvgIpc) is 3.12. The molecular formula is C20H30N2O4. The summed E-state index contributed by atoms with van der Waals surface area (Å²) >= 11 is 0. The van der Waals surface area contributed by atoms with Crippen LogP contribution in [0.25, 0.3) is 0 Å². The lowest BCUT2D eigenvalue weighted by Gasteiger charge is -2.07. The summed E-state index contributed by atoms with van der Waals surface area (Å²) in [6.07, 6.45) is 9.64. The van der Waals surface area contributed by atoms with Crippen LogP contribution in [0, 0.1) is 0 Å². The Morgan fingerprint density at radius 3 is 2.31 bits per heavy atom. The molecule has 2 N–H and O–H groups in total. The monoisotopic (exact) mass is 362 g/mol. The third kappa shape index (κ3) is 6.94. The fourth-order valence-electron chi connectivity index (χ4n) is 2.85. The minimum absolute atomic E-state index is 0.215. The molecule has 1 aromatic carbocycles. The second kappa shape index (κ2) is 11.4. The summed E-state index contributed by atoms with van der Waals surface area (Å²) < 4.78 is 10.5. The van der Waals surface area contributed by atoms with Crippen molar-refractivity contribution in [3.8, 4) is 11.5 Å². The van der Waals surface area contributed by atoms with E-state index in [1.54, 1.807) is 12.1 Å². The van der Waals surface area contributed by atoms with Crippen molar-refractivity contribution in [3.05, 3.63) is 23.8 Å². The molecule has 0 saturated heterocycles. The first kappa shape index (κ1) is 20.1. The number of carbonyl (C=O) groups is 2. The average molecular weight is 362 g/mol. The number of rotatable bonds is 11. The highest BCUT2D eigenvalue weighted by atomic mass is 16.7. The number of benzene rings is 1. The Kier molecular flexibility index (Phi) is 8.79. The normalized spacial score (nSPS) is 12.0. The number of unbranched alkanes of at least 4 members (excludes halogenated alkanes) is 7. The Hall–Kier alpha value is -2.24. The number of carbonyl (C=O) groups excluding carboxylic acids is 2. The molecule has 1 aliphatic rings. The number of ether oxygens (including phenoxy) is 2. The number of hydrogen-bond donors (Lipinski definition) is 2. The summed E-state index contributed by atoms with van der Waals surface area (Å²) in [4.78, 5) is 23.6. The molecule has 0 atom stereocenters. The fraction of sp³-hybridized carbons (Fsp3) is 0.600. The summed E-state index contributed by atoms with van der Waals surface area (Å²) in [5, 5.41) is 5.30. The quantitative estimate of drug-likeness (QED) is 0.468. The van der Waals surface area contributed by atoms with Crippen molar-refractivity contribution >= 4 is 11.8 Å². The lowest BCUT2D eigenvalue weighted by Crippen LogP contribution is -2.39. The third-order valence-corrected chi connectivity index (χ3v) is 4.41. The van der Waals surface area contributed by atoms with E-state index in [1.165, 1.54) is 38.5 Å². The maximum absolute atomic E-state index is 11.8. The van der Waals surface area contributed by atoms with Crippen molar-refractivity contribution in [2.24, 2.45) is 0 Å². The lowest BCUT2D eigenvalue weighted by atomic mass is 10.1. The number of hydrogen-bond acceptors (Lipinski definition) is 4. The van der Waals surface area contributed by atoms with Gasteiger partial charge in [0.15, 0.2) is 11.5 Å². The minimum atomic E-state index is -0.609.